The quantitative estimate of drug-likeness (QED) is 0.214. The van der Waals surface area contributed by atoms with Gasteiger partial charge in [0.1, 0.15) is 34.7 Å². The van der Waals surface area contributed by atoms with E-state index in [1.165, 1.54) is 0 Å². The van der Waals surface area contributed by atoms with Crippen LogP contribution in [0.15, 0.2) is 0 Å². The molecule has 0 saturated heterocycles. The minimum absolute atomic E-state index is 0. The summed E-state index contributed by atoms with van der Waals surface area (Å²) in [5.74, 6) is 0.125. The van der Waals surface area contributed by atoms with E-state index in [1.807, 2.05) is 125 Å². The number of carbonyl (C=O) groups is 6. The molecule has 0 aromatic rings. The van der Waals surface area contributed by atoms with Crippen molar-refractivity contribution in [1.82, 2.24) is 0 Å². The van der Waals surface area contributed by atoms with Gasteiger partial charge in [0.05, 0.1) is 19.3 Å². The van der Waals surface area contributed by atoms with E-state index in [1.54, 1.807) is 0 Å². The first-order chi connectivity index (χ1) is 16.6. The van der Waals surface area contributed by atoms with Gasteiger partial charge in [-0.1, -0.05) is 125 Å². The monoisotopic (exact) mass is 654 g/mol. The van der Waals surface area contributed by atoms with Crippen molar-refractivity contribution in [3.63, 3.8) is 0 Å². The molecule has 40 heavy (non-hydrogen) atoms. The van der Waals surface area contributed by atoms with Gasteiger partial charge in [-0.25, -0.2) is 0 Å². The van der Waals surface area contributed by atoms with Crippen molar-refractivity contribution in [2.75, 3.05) is 0 Å². The van der Waals surface area contributed by atoms with E-state index in [0.717, 1.165) is 0 Å². The van der Waals surface area contributed by atoms with Gasteiger partial charge < -0.3 is 0 Å². The molecule has 0 N–H and O–H groups in total. The van der Waals surface area contributed by atoms with Gasteiger partial charge in [0.2, 0.25) is 0 Å². The van der Waals surface area contributed by atoms with Gasteiger partial charge in [0.15, 0.2) is 0 Å². The van der Waals surface area contributed by atoms with Gasteiger partial charge in [-0.15, -0.1) is 0 Å². The Balaban J connectivity index is -0.000000240. The standard InChI is InChI=1S/3C11H20O2.Ru/c3*1-10(2,3)8(12)7-9(13)11(4,5)6;/h3*7H2,1-6H3;. The van der Waals surface area contributed by atoms with Crippen LogP contribution in [0.1, 0.15) is 144 Å². The van der Waals surface area contributed by atoms with E-state index in [0.29, 0.717) is 0 Å². The maximum atomic E-state index is 11.5. The fraction of sp³-hybridized carbons (Fsp3) is 0.818. The van der Waals surface area contributed by atoms with Crippen LogP contribution in [0.4, 0.5) is 0 Å². The van der Waals surface area contributed by atoms with E-state index in [-0.39, 0.29) is 73.4 Å². The van der Waals surface area contributed by atoms with E-state index in [2.05, 4.69) is 0 Å². The van der Waals surface area contributed by atoms with Crippen molar-refractivity contribution in [2.45, 2.75) is 144 Å². The normalized spacial score (nSPS) is 12.4. The average Bonchev–Trinajstić information content (AvgIpc) is 2.64. The molecule has 0 aliphatic carbocycles. The third-order valence-corrected chi connectivity index (χ3v) is 5.98. The predicted molar refractivity (Wildman–Crippen MR) is 161 cm³/mol. The summed E-state index contributed by atoms with van der Waals surface area (Å²) < 4.78 is 0. The topological polar surface area (TPSA) is 102 Å². The van der Waals surface area contributed by atoms with E-state index in [4.69, 9.17) is 0 Å². The van der Waals surface area contributed by atoms with Gasteiger partial charge in [-0.05, 0) is 0 Å². The van der Waals surface area contributed by atoms with Gasteiger partial charge in [0.25, 0.3) is 0 Å². The van der Waals surface area contributed by atoms with Crippen molar-refractivity contribution >= 4 is 34.7 Å². The van der Waals surface area contributed by atoms with Crippen LogP contribution >= 0.6 is 0 Å². The number of rotatable bonds is 6. The Labute approximate surface area is 258 Å². The Kier molecular flexibility index (Phi) is 18.6. The van der Waals surface area contributed by atoms with E-state index < -0.39 is 32.5 Å². The third kappa shape index (κ3) is 21.4. The Morgan fingerprint density at radius 3 is 0.400 bits per heavy atom. The Hall–Kier alpha value is -1.36. The molecule has 0 saturated carbocycles. The molecule has 0 aliphatic heterocycles. The zero-order valence-electron chi connectivity index (χ0n) is 28.9. The van der Waals surface area contributed by atoms with Crippen LogP contribution in [0.25, 0.3) is 0 Å². The molecule has 0 rings (SSSR count). The summed E-state index contributed by atoms with van der Waals surface area (Å²) in [6, 6.07) is 0. The molecule has 0 atom stereocenters. The summed E-state index contributed by atoms with van der Waals surface area (Å²) in [5.41, 5.74) is -2.41. The summed E-state index contributed by atoms with van der Waals surface area (Å²) in [5, 5.41) is 0. The van der Waals surface area contributed by atoms with Gasteiger partial charge in [-0.3, -0.25) is 28.8 Å². The molecule has 0 bridgehead atoms. The van der Waals surface area contributed by atoms with Crippen molar-refractivity contribution in [3.8, 4) is 0 Å². The Bertz CT molecular complexity index is 693. The molecule has 0 aliphatic rings. The maximum absolute atomic E-state index is 11.5. The molecule has 0 aromatic heterocycles. The maximum Gasteiger partial charge on any atom is 0.145 e. The van der Waals surface area contributed by atoms with Gasteiger partial charge in [0, 0.05) is 52.0 Å². The Morgan fingerprint density at radius 2 is 0.350 bits per heavy atom. The second kappa shape index (κ2) is 16.3. The fourth-order valence-corrected chi connectivity index (χ4v) is 2.03. The largest absolute Gasteiger partial charge is 0.299 e. The van der Waals surface area contributed by atoms with Crippen LogP contribution in [0.5, 0.6) is 0 Å². The van der Waals surface area contributed by atoms with Crippen LogP contribution < -0.4 is 0 Å². The molecule has 0 fully saturated rings. The summed E-state index contributed by atoms with van der Waals surface area (Å²) in [4.78, 5) is 69.0. The van der Waals surface area contributed by atoms with Crippen LogP contribution in [-0.2, 0) is 48.2 Å². The van der Waals surface area contributed by atoms with E-state index >= 15 is 0 Å². The smallest absolute Gasteiger partial charge is 0.145 e. The molecule has 6 nitrogen and oxygen atoms in total. The van der Waals surface area contributed by atoms with Crippen molar-refractivity contribution in [3.05, 3.63) is 0 Å². The summed E-state index contributed by atoms with van der Waals surface area (Å²) in [6.07, 6.45) is 0.187. The Morgan fingerprint density at radius 1 is 0.275 bits per heavy atom. The van der Waals surface area contributed by atoms with Crippen LogP contribution in [0.2, 0.25) is 0 Å². The molecule has 236 valence electrons. The van der Waals surface area contributed by atoms with Crippen LogP contribution in [0, 0.1) is 32.5 Å². The zero-order valence-corrected chi connectivity index (χ0v) is 30.7. The molecule has 0 amide bonds. The number of hydrogen-bond donors (Lipinski definition) is 0. The number of ketones is 6. The molecule has 7 heteroatoms. The zero-order chi connectivity index (χ0) is 32.6. The van der Waals surface area contributed by atoms with Crippen molar-refractivity contribution in [1.29, 1.82) is 0 Å². The number of carbonyl (C=O) groups excluding carboxylic acids is 6. The molecule has 0 unspecified atom stereocenters. The van der Waals surface area contributed by atoms with Crippen LogP contribution in [0.3, 0.4) is 0 Å². The first-order valence-electron chi connectivity index (χ1n) is 13.8. The minimum atomic E-state index is -0.402. The minimum Gasteiger partial charge on any atom is -0.299 e. The van der Waals surface area contributed by atoms with Crippen molar-refractivity contribution in [2.24, 2.45) is 32.5 Å². The first-order valence-corrected chi connectivity index (χ1v) is 13.8. The van der Waals surface area contributed by atoms with Crippen molar-refractivity contribution < 1.29 is 48.2 Å². The van der Waals surface area contributed by atoms with E-state index in [9.17, 15) is 28.8 Å². The molecular formula is C33H60O6Ru. The number of Topliss-reactive ketones (excluding diaryl/α,β-unsaturated/α-hetero) is 6. The molecule has 0 spiro atoms. The molecule has 0 radical (unpaired) electrons. The average molecular weight is 654 g/mol. The summed E-state index contributed by atoms with van der Waals surface area (Å²) >= 11 is 0. The summed E-state index contributed by atoms with van der Waals surface area (Å²) in [7, 11) is 0. The SMILES string of the molecule is CC(C)(C)C(=O)CC(=O)C(C)(C)C.CC(C)(C)C(=O)CC(=O)C(C)(C)C.CC(C)(C)C(=O)CC(=O)C(C)(C)C.[Ru]. The van der Waals surface area contributed by atoms with Gasteiger partial charge in [-0.2, -0.15) is 0 Å². The second-order valence-electron chi connectivity index (χ2n) is 16.6. The third-order valence-electron chi connectivity index (χ3n) is 5.98. The second-order valence-corrected chi connectivity index (χ2v) is 16.6. The number of hydrogen-bond acceptors (Lipinski definition) is 6. The fourth-order valence-electron chi connectivity index (χ4n) is 2.03. The first kappa shape index (κ1) is 45.6. The van der Waals surface area contributed by atoms with Crippen LogP contribution in [-0.4, -0.2) is 34.7 Å². The molecule has 0 aromatic carbocycles. The van der Waals surface area contributed by atoms with Gasteiger partial charge >= 0.3 is 0 Å². The molecule has 0 heterocycles. The summed E-state index contributed by atoms with van der Waals surface area (Å²) in [6.45, 7) is 33.1. The predicted octanol–water partition coefficient (Wildman–Crippen LogP) is 7.82. The molecular weight excluding hydrogens is 593 g/mol.